The van der Waals surface area contributed by atoms with E-state index in [9.17, 15) is 4.39 Å². The third-order valence-corrected chi connectivity index (χ3v) is 4.89. The van der Waals surface area contributed by atoms with Gasteiger partial charge in [0.15, 0.2) is 0 Å². The number of aryl methyl sites for hydroxylation is 2. The lowest BCUT2D eigenvalue weighted by Gasteiger charge is -2.19. The van der Waals surface area contributed by atoms with Crippen LogP contribution in [0, 0.1) is 19.7 Å². The van der Waals surface area contributed by atoms with Crippen molar-refractivity contribution in [2.24, 2.45) is 0 Å². The second kappa shape index (κ2) is 6.83. The Kier molecular flexibility index (Phi) is 5.35. The predicted octanol–water partition coefficient (Wildman–Crippen LogP) is 5.36. The fourth-order valence-corrected chi connectivity index (χ4v) is 3.54. The standard InChI is InChI=1S/C16H19BrFNS/c1-4-7-19-16(13-8-10(2)20-11(13)3)12-5-6-14(17)15(18)9-12/h5-6,8-9,16,19H,4,7H2,1-3H3. The van der Waals surface area contributed by atoms with Crippen LogP contribution in [0.15, 0.2) is 28.7 Å². The lowest BCUT2D eigenvalue weighted by Crippen LogP contribution is -2.23. The van der Waals surface area contributed by atoms with Crippen molar-refractivity contribution in [3.05, 3.63) is 55.4 Å². The van der Waals surface area contributed by atoms with Gasteiger partial charge in [0.05, 0.1) is 10.5 Å². The SMILES string of the molecule is CCCNC(c1ccc(Br)c(F)c1)c1cc(C)sc1C. The van der Waals surface area contributed by atoms with Gasteiger partial charge in [-0.15, -0.1) is 11.3 Å². The highest BCUT2D eigenvalue weighted by molar-refractivity contribution is 9.10. The molecular weight excluding hydrogens is 337 g/mol. The number of benzene rings is 1. The molecule has 0 aliphatic rings. The average Bonchev–Trinajstić information content (AvgIpc) is 2.73. The zero-order chi connectivity index (χ0) is 14.7. The van der Waals surface area contributed by atoms with E-state index in [1.807, 2.05) is 6.07 Å². The Hall–Kier alpha value is -0.710. The van der Waals surface area contributed by atoms with E-state index in [0.29, 0.717) is 4.47 Å². The van der Waals surface area contributed by atoms with Crippen LogP contribution in [0.2, 0.25) is 0 Å². The smallest absolute Gasteiger partial charge is 0.137 e. The molecule has 0 aliphatic heterocycles. The molecule has 1 aromatic heterocycles. The van der Waals surface area contributed by atoms with Gasteiger partial charge in [0.1, 0.15) is 5.82 Å². The van der Waals surface area contributed by atoms with Crippen molar-refractivity contribution in [2.45, 2.75) is 33.2 Å². The molecule has 1 heterocycles. The zero-order valence-corrected chi connectivity index (χ0v) is 14.4. The van der Waals surface area contributed by atoms with Gasteiger partial charge in [0.25, 0.3) is 0 Å². The molecule has 108 valence electrons. The average molecular weight is 356 g/mol. The van der Waals surface area contributed by atoms with Crippen molar-refractivity contribution in [3.63, 3.8) is 0 Å². The minimum atomic E-state index is -0.213. The summed E-state index contributed by atoms with van der Waals surface area (Å²) in [6, 6.07) is 7.63. The summed E-state index contributed by atoms with van der Waals surface area (Å²) in [4.78, 5) is 2.58. The molecule has 0 saturated heterocycles. The lowest BCUT2D eigenvalue weighted by molar-refractivity contribution is 0.583. The van der Waals surface area contributed by atoms with Crippen LogP contribution < -0.4 is 5.32 Å². The Labute approximate surface area is 132 Å². The molecule has 0 bridgehead atoms. The van der Waals surface area contributed by atoms with Crippen LogP contribution in [-0.4, -0.2) is 6.54 Å². The maximum atomic E-state index is 13.8. The van der Waals surface area contributed by atoms with Crippen molar-refractivity contribution < 1.29 is 4.39 Å². The first kappa shape index (κ1) is 15.7. The first-order chi connectivity index (χ1) is 9.52. The van der Waals surface area contributed by atoms with Gasteiger partial charge in [0, 0.05) is 9.75 Å². The van der Waals surface area contributed by atoms with Gasteiger partial charge < -0.3 is 5.32 Å². The molecule has 1 nitrogen and oxygen atoms in total. The van der Waals surface area contributed by atoms with Crippen molar-refractivity contribution in [1.82, 2.24) is 5.32 Å². The Bertz CT molecular complexity index is 594. The minimum Gasteiger partial charge on any atom is -0.306 e. The minimum absolute atomic E-state index is 0.0579. The van der Waals surface area contributed by atoms with E-state index in [4.69, 9.17) is 0 Å². The van der Waals surface area contributed by atoms with Crippen molar-refractivity contribution >= 4 is 27.3 Å². The molecule has 1 unspecified atom stereocenters. The monoisotopic (exact) mass is 355 g/mol. The van der Waals surface area contributed by atoms with Gasteiger partial charge in [-0.05, 0) is 72.1 Å². The van der Waals surface area contributed by atoms with Crippen molar-refractivity contribution in [3.8, 4) is 0 Å². The van der Waals surface area contributed by atoms with Gasteiger partial charge in [-0.1, -0.05) is 13.0 Å². The fraction of sp³-hybridized carbons (Fsp3) is 0.375. The van der Waals surface area contributed by atoms with Gasteiger partial charge in [-0.25, -0.2) is 4.39 Å². The highest BCUT2D eigenvalue weighted by Crippen LogP contribution is 2.32. The van der Waals surface area contributed by atoms with Crippen molar-refractivity contribution in [2.75, 3.05) is 6.54 Å². The van der Waals surface area contributed by atoms with Crippen LogP contribution in [0.5, 0.6) is 0 Å². The molecule has 4 heteroatoms. The molecule has 0 radical (unpaired) electrons. The third-order valence-electron chi connectivity index (χ3n) is 3.27. The van der Waals surface area contributed by atoms with Gasteiger partial charge in [0.2, 0.25) is 0 Å². The van der Waals surface area contributed by atoms with E-state index in [1.165, 1.54) is 15.3 Å². The summed E-state index contributed by atoms with van der Waals surface area (Å²) >= 11 is 5.00. The van der Waals surface area contributed by atoms with E-state index in [0.717, 1.165) is 18.5 Å². The molecular formula is C16H19BrFNS. The zero-order valence-electron chi connectivity index (χ0n) is 12.0. The van der Waals surface area contributed by atoms with E-state index >= 15 is 0 Å². The summed E-state index contributed by atoms with van der Waals surface area (Å²) in [5, 5.41) is 3.53. The molecule has 1 N–H and O–H groups in total. The molecule has 20 heavy (non-hydrogen) atoms. The summed E-state index contributed by atoms with van der Waals surface area (Å²) in [5.74, 6) is -0.213. The van der Waals surface area contributed by atoms with Crippen LogP contribution in [0.1, 0.15) is 40.3 Å². The van der Waals surface area contributed by atoms with Crippen LogP contribution in [0.25, 0.3) is 0 Å². The number of halogens is 2. The molecule has 0 aliphatic carbocycles. The molecule has 2 aromatic rings. The van der Waals surface area contributed by atoms with E-state index < -0.39 is 0 Å². The third kappa shape index (κ3) is 3.48. The van der Waals surface area contributed by atoms with Crippen LogP contribution in [-0.2, 0) is 0 Å². The Morgan fingerprint density at radius 1 is 1.30 bits per heavy atom. The first-order valence-corrected chi connectivity index (χ1v) is 8.39. The molecule has 2 rings (SSSR count). The maximum absolute atomic E-state index is 13.8. The van der Waals surface area contributed by atoms with E-state index in [2.05, 4.69) is 48.1 Å². The van der Waals surface area contributed by atoms with Gasteiger partial charge in [-0.2, -0.15) is 0 Å². The normalized spacial score (nSPS) is 12.7. The molecule has 0 amide bonds. The summed E-state index contributed by atoms with van der Waals surface area (Å²) in [5.41, 5.74) is 2.22. The van der Waals surface area contributed by atoms with E-state index in [1.54, 1.807) is 23.5 Å². The predicted molar refractivity (Wildman–Crippen MR) is 88.0 cm³/mol. The summed E-state index contributed by atoms with van der Waals surface area (Å²) < 4.78 is 14.3. The lowest BCUT2D eigenvalue weighted by atomic mass is 9.99. The molecule has 1 atom stereocenters. The molecule has 0 spiro atoms. The number of hydrogen-bond donors (Lipinski definition) is 1. The Morgan fingerprint density at radius 3 is 2.60 bits per heavy atom. The van der Waals surface area contributed by atoms with Crippen LogP contribution >= 0.6 is 27.3 Å². The number of hydrogen-bond acceptors (Lipinski definition) is 2. The number of nitrogens with one attached hydrogen (secondary N) is 1. The number of rotatable bonds is 5. The summed E-state index contributed by atoms with van der Waals surface area (Å²) in [6.07, 6.45) is 1.05. The van der Waals surface area contributed by atoms with E-state index in [-0.39, 0.29) is 11.9 Å². The van der Waals surface area contributed by atoms with Gasteiger partial charge in [-0.3, -0.25) is 0 Å². The summed E-state index contributed by atoms with van der Waals surface area (Å²) in [6.45, 7) is 7.29. The van der Waals surface area contributed by atoms with Crippen LogP contribution in [0.3, 0.4) is 0 Å². The fourth-order valence-electron chi connectivity index (χ4n) is 2.33. The Balaban J connectivity index is 2.41. The second-order valence-corrected chi connectivity index (χ2v) is 7.24. The van der Waals surface area contributed by atoms with Crippen LogP contribution in [0.4, 0.5) is 4.39 Å². The van der Waals surface area contributed by atoms with Gasteiger partial charge >= 0.3 is 0 Å². The number of thiophene rings is 1. The largest absolute Gasteiger partial charge is 0.306 e. The molecule has 0 fully saturated rings. The molecule has 1 aromatic carbocycles. The van der Waals surface area contributed by atoms with Crippen molar-refractivity contribution in [1.29, 1.82) is 0 Å². The summed E-state index contributed by atoms with van der Waals surface area (Å²) in [7, 11) is 0. The maximum Gasteiger partial charge on any atom is 0.137 e. The second-order valence-electron chi connectivity index (χ2n) is 4.93. The highest BCUT2D eigenvalue weighted by atomic mass is 79.9. The Morgan fingerprint density at radius 2 is 2.05 bits per heavy atom. The molecule has 0 saturated carbocycles. The quantitative estimate of drug-likeness (QED) is 0.761. The topological polar surface area (TPSA) is 12.0 Å². The highest BCUT2D eigenvalue weighted by Gasteiger charge is 2.18. The first-order valence-electron chi connectivity index (χ1n) is 6.78.